The van der Waals surface area contributed by atoms with Gasteiger partial charge in [-0.1, -0.05) is 36.4 Å². The minimum absolute atomic E-state index is 0.810. The molecule has 0 atom stereocenters. The second-order valence-electron chi connectivity index (χ2n) is 7.79. The zero-order valence-electron chi connectivity index (χ0n) is 17.8. The highest BCUT2D eigenvalue weighted by molar-refractivity contribution is 6.10. The number of aromatic nitrogens is 6. The van der Waals surface area contributed by atoms with Gasteiger partial charge in [0.25, 0.3) is 0 Å². The number of hydrogen-bond donors (Lipinski definition) is 0. The molecule has 6 heteroatoms. The first kappa shape index (κ1) is 18.4. The molecule has 4 aromatic heterocycles. The van der Waals surface area contributed by atoms with Crippen molar-refractivity contribution in [2.75, 3.05) is 0 Å². The molecule has 0 aliphatic carbocycles. The summed E-state index contributed by atoms with van der Waals surface area (Å²) in [4.78, 5) is 9.37. The van der Waals surface area contributed by atoms with Crippen molar-refractivity contribution in [3.8, 4) is 22.5 Å². The van der Waals surface area contributed by atoms with E-state index >= 15 is 0 Å². The minimum Gasteiger partial charge on any atom is -0.265 e. The van der Waals surface area contributed by atoms with Gasteiger partial charge in [0, 0.05) is 18.0 Å². The Bertz CT molecular complexity index is 1470. The van der Waals surface area contributed by atoms with Crippen LogP contribution in [0.1, 0.15) is 11.4 Å². The summed E-state index contributed by atoms with van der Waals surface area (Å²) in [5.41, 5.74) is 7.58. The molecule has 0 N–H and O–H groups in total. The third-order valence-corrected chi connectivity index (χ3v) is 5.75. The van der Waals surface area contributed by atoms with Crippen LogP contribution in [0.2, 0.25) is 0 Å². The lowest BCUT2D eigenvalue weighted by atomic mass is 9.99. The van der Waals surface area contributed by atoms with Crippen LogP contribution in [-0.2, 0) is 0 Å². The molecule has 0 bridgehead atoms. The van der Waals surface area contributed by atoms with Crippen molar-refractivity contribution >= 4 is 22.1 Å². The number of hydrogen-bond acceptors (Lipinski definition) is 4. The number of benzene rings is 2. The molecule has 0 fully saturated rings. The highest BCUT2D eigenvalue weighted by Crippen LogP contribution is 2.39. The molecule has 0 aliphatic rings. The molecule has 0 saturated heterocycles. The standard InChI is InChI=1S/C26H20N6/c1-17-22-24(19-13-15-27-16-14-19)23-18(2)30-32(21-11-7-4-8-12-21)26(23)28-25(22)31(29-17)20-9-5-3-6-10-20/h3-16H,1-2H3. The van der Waals surface area contributed by atoms with Gasteiger partial charge in [-0.05, 0) is 55.8 Å². The normalized spacial score (nSPS) is 11.4. The molecule has 2 aromatic carbocycles. The lowest BCUT2D eigenvalue weighted by Gasteiger charge is -2.09. The molecular weight excluding hydrogens is 396 g/mol. The van der Waals surface area contributed by atoms with Crippen molar-refractivity contribution in [2.24, 2.45) is 0 Å². The number of aryl methyl sites for hydroxylation is 2. The zero-order chi connectivity index (χ0) is 21.7. The van der Waals surface area contributed by atoms with Crippen LogP contribution >= 0.6 is 0 Å². The van der Waals surface area contributed by atoms with Crippen LogP contribution in [0.25, 0.3) is 44.6 Å². The summed E-state index contributed by atoms with van der Waals surface area (Å²) in [5.74, 6) is 0. The predicted molar refractivity (Wildman–Crippen MR) is 126 cm³/mol. The van der Waals surface area contributed by atoms with Gasteiger partial charge < -0.3 is 0 Å². The molecule has 0 amide bonds. The summed E-state index contributed by atoms with van der Waals surface area (Å²) in [7, 11) is 0. The molecule has 6 aromatic rings. The molecule has 0 radical (unpaired) electrons. The van der Waals surface area contributed by atoms with E-state index in [9.17, 15) is 0 Å². The van der Waals surface area contributed by atoms with Crippen molar-refractivity contribution in [1.29, 1.82) is 0 Å². The van der Waals surface area contributed by atoms with Gasteiger partial charge in [-0.3, -0.25) is 4.98 Å². The maximum Gasteiger partial charge on any atom is 0.166 e. The first-order valence-electron chi connectivity index (χ1n) is 10.5. The van der Waals surface area contributed by atoms with Gasteiger partial charge in [-0.2, -0.15) is 10.2 Å². The summed E-state index contributed by atoms with van der Waals surface area (Å²) in [6, 6.07) is 24.3. The van der Waals surface area contributed by atoms with Crippen LogP contribution in [0.3, 0.4) is 0 Å². The third kappa shape index (κ3) is 2.73. The van der Waals surface area contributed by atoms with E-state index in [1.807, 2.05) is 108 Å². The quantitative estimate of drug-likeness (QED) is 0.385. The summed E-state index contributed by atoms with van der Waals surface area (Å²) in [6.45, 7) is 4.08. The van der Waals surface area contributed by atoms with Gasteiger partial charge in [0.15, 0.2) is 11.3 Å². The monoisotopic (exact) mass is 416 g/mol. The van der Waals surface area contributed by atoms with Crippen molar-refractivity contribution < 1.29 is 0 Å². The molecule has 0 aliphatic heterocycles. The summed E-state index contributed by atoms with van der Waals surface area (Å²) < 4.78 is 3.85. The first-order chi connectivity index (χ1) is 15.7. The van der Waals surface area contributed by atoms with E-state index in [0.29, 0.717) is 0 Å². The van der Waals surface area contributed by atoms with Crippen LogP contribution < -0.4 is 0 Å². The maximum absolute atomic E-state index is 5.14. The second kappa shape index (κ2) is 7.13. The Kier molecular flexibility index (Phi) is 4.11. The van der Waals surface area contributed by atoms with Crippen molar-refractivity contribution in [2.45, 2.75) is 13.8 Å². The van der Waals surface area contributed by atoms with Gasteiger partial charge in [0.2, 0.25) is 0 Å². The largest absolute Gasteiger partial charge is 0.265 e. The van der Waals surface area contributed by atoms with E-state index in [1.165, 1.54) is 0 Å². The second-order valence-corrected chi connectivity index (χ2v) is 7.79. The van der Waals surface area contributed by atoms with Gasteiger partial charge >= 0.3 is 0 Å². The third-order valence-electron chi connectivity index (χ3n) is 5.75. The molecule has 4 heterocycles. The smallest absolute Gasteiger partial charge is 0.166 e. The Hall–Kier alpha value is -4.32. The van der Waals surface area contributed by atoms with Gasteiger partial charge in [0.05, 0.1) is 33.5 Å². The maximum atomic E-state index is 5.14. The Morgan fingerprint density at radius 3 is 1.53 bits per heavy atom. The Labute approximate surface area is 184 Å². The molecule has 6 rings (SSSR count). The van der Waals surface area contributed by atoms with Crippen LogP contribution in [0.4, 0.5) is 0 Å². The van der Waals surface area contributed by atoms with Crippen LogP contribution in [0.15, 0.2) is 85.2 Å². The van der Waals surface area contributed by atoms with Gasteiger partial charge in [0.1, 0.15) is 0 Å². The molecule has 0 spiro atoms. The van der Waals surface area contributed by atoms with Gasteiger partial charge in [-0.15, -0.1) is 0 Å². The van der Waals surface area contributed by atoms with E-state index in [-0.39, 0.29) is 0 Å². The molecular formula is C26H20N6. The fourth-order valence-corrected chi connectivity index (χ4v) is 4.35. The number of nitrogens with zero attached hydrogens (tertiary/aromatic N) is 6. The highest BCUT2D eigenvalue weighted by Gasteiger charge is 2.23. The number of fused-ring (bicyclic) bond motifs is 2. The highest BCUT2D eigenvalue weighted by atomic mass is 15.3. The average Bonchev–Trinajstić information content (AvgIpc) is 3.36. The topological polar surface area (TPSA) is 61.4 Å². The molecule has 0 unspecified atom stereocenters. The van der Waals surface area contributed by atoms with E-state index < -0.39 is 0 Å². The molecule has 32 heavy (non-hydrogen) atoms. The Balaban J connectivity index is 1.80. The average molecular weight is 416 g/mol. The van der Waals surface area contributed by atoms with Crippen molar-refractivity contribution in [3.05, 3.63) is 96.6 Å². The molecule has 0 saturated carbocycles. The zero-order valence-corrected chi connectivity index (χ0v) is 17.8. The first-order valence-corrected chi connectivity index (χ1v) is 10.5. The fraction of sp³-hybridized carbons (Fsp3) is 0.0769. The number of para-hydroxylation sites is 2. The summed E-state index contributed by atoms with van der Waals surface area (Å²) in [6.07, 6.45) is 3.64. The fourth-order valence-electron chi connectivity index (χ4n) is 4.35. The lowest BCUT2D eigenvalue weighted by Crippen LogP contribution is -2.01. The van der Waals surface area contributed by atoms with E-state index in [0.717, 1.165) is 56.0 Å². The summed E-state index contributed by atoms with van der Waals surface area (Å²) in [5, 5.41) is 11.8. The van der Waals surface area contributed by atoms with Crippen molar-refractivity contribution in [3.63, 3.8) is 0 Å². The van der Waals surface area contributed by atoms with E-state index in [1.54, 1.807) is 0 Å². The minimum atomic E-state index is 0.810. The van der Waals surface area contributed by atoms with E-state index in [4.69, 9.17) is 15.2 Å². The van der Waals surface area contributed by atoms with Crippen molar-refractivity contribution in [1.82, 2.24) is 29.5 Å². The predicted octanol–water partition coefficient (Wildman–Crippen LogP) is 5.44. The van der Waals surface area contributed by atoms with E-state index in [2.05, 4.69) is 4.98 Å². The summed E-state index contributed by atoms with van der Waals surface area (Å²) >= 11 is 0. The SMILES string of the molecule is Cc1nn(-c2ccccc2)c2nc3c(c(C)nn3-c3ccccc3)c(-c3ccncc3)c12. The molecule has 154 valence electrons. The van der Waals surface area contributed by atoms with Gasteiger partial charge in [-0.25, -0.2) is 14.3 Å². The number of rotatable bonds is 3. The number of pyridine rings is 2. The van der Waals surface area contributed by atoms with Crippen LogP contribution in [0.5, 0.6) is 0 Å². The van der Waals surface area contributed by atoms with Crippen LogP contribution in [0, 0.1) is 13.8 Å². The van der Waals surface area contributed by atoms with Crippen LogP contribution in [-0.4, -0.2) is 29.5 Å². The Morgan fingerprint density at radius 2 is 1.06 bits per heavy atom. The molecule has 6 nitrogen and oxygen atoms in total. The lowest BCUT2D eigenvalue weighted by molar-refractivity contribution is 0.863. The Morgan fingerprint density at radius 1 is 0.594 bits per heavy atom.